The molecule has 0 aliphatic carbocycles. The Balaban J connectivity index is 2.78. The molecule has 23 heavy (non-hydrogen) atoms. The molecule has 3 amide bonds. The van der Waals surface area contributed by atoms with E-state index < -0.39 is 24.0 Å². The molecule has 0 unspecified atom stereocenters. The van der Waals surface area contributed by atoms with Gasteiger partial charge in [0, 0.05) is 0 Å². The number of imide groups is 1. The predicted octanol–water partition coefficient (Wildman–Crippen LogP) is 2.26. The van der Waals surface area contributed by atoms with Crippen LogP contribution in [0.5, 0.6) is 0 Å². The van der Waals surface area contributed by atoms with Crippen molar-refractivity contribution in [2.24, 2.45) is 17.6 Å². The highest BCUT2D eigenvalue weighted by molar-refractivity contribution is 5.98. The topological polar surface area (TPSA) is 98.5 Å². The number of esters is 1. The summed E-state index contributed by atoms with van der Waals surface area (Å²) in [6.07, 6.45) is -0.157. The summed E-state index contributed by atoms with van der Waals surface area (Å²) in [5.41, 5.74) is 6.40. The van der Waals surface area contributed by atoms with Crippen LogP contribution in [-0.2, 0) is 16.0 Å². The van der Waals surface area contributed by atoms with Crippen LogP contribution in [0.3, 0.4) is 0 Å². The maximum absolute atomic E-state index is 12.2. The summed E-state index contributed by atoms with van der Waals surface area (Å²) in [6.45, 7) is 7.66. The van der Waals surface area contributed by atoms with Crippen LogP contribution in [-0.4, -0.2) is 24.0 Å². The molecule has 126 valence electrons. The molecule has 0 aliphatic heterocycles. The maximum atomic E-state index is 12.2. The average molecular weight is 320 g/mol. The standard InChI is InChI=1S/C17H24N2O4/c1-10(2)9-12-5-7-13(8-6-12)16(21)23-14(11(3)4)15(20)19-17(18)22/h5-8,10-11,14H,9H2,1-4H3,(H3,18,19,20,22)/t14-/m1/s1. The lowest BCUT2D eigenvalue weighted by molar-refractivity contribution is -0.130. The number of urea groups is 1. The molecule has 0 spiro atoms. The van der Waals surface area contributed by atoms with E-state index in [0.29, 0.717) is 11.5 Å². The molecule has 1 atom stereocenters. The second-order valence-corrected chi connectivity index (χ2v) is 6.22. The Morgan fingerprint density at radius 1 is 1.09 bits per heavy atom. The second-order valence-electron chi connectivity index (χ2n) is 6.22. The smallest absolute Gasteiger partial charge is 0.338 e. The molecule has 6 heteroatoms. The molecule has 0 radical (unpaired) electrons. The summed E-state index contributed by atoms with van der Waals surface area (Å²) in [6, 6.07) is 6.09. The van der Waals surface area contributed by atoms with Gasteiger partial charge in [-0.05, 0) is 36.0 Å². The molecule has 1 aromatic carbocycles. The van der Waals surface area contributed by atoms with Gasteiger partial charge in [0.2, 0.25) is 0 Å². The SMILES string of the molecule is CC(C)Cc1ccc(C(=O)O[C@@H](C(=O)NC(N)=O)C(C)C)cc1. The summed E-state index contributed by atoms with van der Waals surface area (Å²) in [5.74, 6) is -1.11. The highest BCUT2D eigenvalue weighted by atomic mass is 16.5. The Labute approximate surface area is 136 Å². The number of benzene rings is 1. The van der Waals surface area contributed by atoms with Gasteiger partial charge in [-0.1, -0.05) is 39.8 Å². The van der Waals surface area contributed by atoms with Gasteiger partial charge in [-0.15, -0.1) is 0 Å². The van der Waals surface area contributed by atoms with Gasteiger partial charge in [-0.25, -0.2) is 9.59 Å². The van der Waals surface area contributed by atoms with Crippen molar-refractivity contribution in [1.82, 2.24) is 5.32 Å². The molecule has 6 nitrogen and oxygen atoms in total. The van der Waals surface area contributed by atoms with Gasteiger partial charge in [-0.3, -0.25) is 10.1 Å². The van der Waals surface area contributed by atoms with E-state index in [0.717, 1.165) is 12.0 Å². The molecule has 0 saturated heterocycles. The van der Waals surface area contributed by atoms with Gasteiger partial charge in [0.1, 0.15) is 0 Å². The van der Waals surface area contributed by atoms with Crippen molar-refractivity contribution in [3.05, 3.63) is 35.4 Å². The van der Waals surface area contributed by atoms with Crippen molar-refractivity contribution in [2.45, 2.75) is 40.2 Å². The number of hydrogen-bond acceptors (Lipinski definition) is 4. The van der Waals surface area contributed by atoms with Crippen LogP contribution in [0.4, 0.5) is 4.79 Å². The first-order valence-corrected chi connectivity index (χ1v) is 7.61. The minimum Gasteiger partial charge on any atom is -0.448 e. The minimum absolute atomic E-state index is 0.293. The van der Waals surface area contributed by atoms with Crippen LogP contribution in [0.2, 0.25) is 0 Å². The van der Waals surface area contributed by atoms with Gasteiger partial charge in [0.25, 0.3) is 5.91 Å². The number of nitrogens with two attached hydrogens (primary N) is 1. The summed E-state index contributed by atoms with van der Waals surface area (Å²) in [5, 5.41) is 1.93. The third-order valence-corrected chi connectivity index (χ3v) is 3.18. The summed E-state index contributed by atoms with van der Waals surface area (Å²) in [4.78, 5) is 34.8. The molecule has 0 fully saturated rings. The zero-order valence-corrected chi connectivity index (χ0v) is 14.0. The molecule has 0 saturated carbocycles. The maximum Gasteiger partial charge on any atom is 0.338 e. The van der Waals surface area contributed by atoms with Crippen LogP contribution in [0.15, 0.2) is 24.3 Å². The van der Waals surface area contributed by atoms with Gasteiger partial charge in [0.05, 0.1) is 5.56 Å². The van der Waals surface area contributed by atoms with Crippen molar-refractivity contribution >= 4 is 17.9 Å². The van der Waals surface area contributed by atoms with E-state index >= 15 is 0 Å². The zero-order valence-electron chi connectivity index (χ0n) is 14.0. The van der Waals surface area contributed by atoms with E-state index in [1.807, 2.05) is 17.4 Å². The summed E-state index contributed by atoms with van der Waals surface area (Å²) >= 11 is 0. The Hall–Kier alpha value is -2.37. The Morgan fingerprint density at radius 3 is 2.09 bits per heavy atom. The van der Waals surface area contributed by atoms with Crippen molar-refractivity contribution < 1.29 is 19.1 Å². The fraction of sp³-hybridized carbons (Fsp3) is 0.471. The Kier molecular flexibility index (Phi) is 6.75. The van der Waals surface area contributed by atoms with Crippen molar-refractivity contribution in [2.75, 3.05) is 0 Å². The molecule has 3 N–H and O–H groups in total. The molecule has 0 heterocycles. The van der Waals surface area contributed by atoms with E-state index in [-0.39, 0.29) is 5.92 Å². The lowest BCUT2D eigenvalue weighted by atomic mass is 10.0. The largest absolute Gasteiger partial charge is 0.448 e. The number of hydrogen-bond donors (Lipinski definition) is 2. The van der Waals surface area contributed by atoms with E-state index in [1.165, 1.54) is 0 Å². The van der Waals surface area contributed by atoms with Crippen LogP contribution in [0.25, 0.3) is 0 Å². The first-order valence-electron chi connectivity index (χ1n) is 7.61. The van der Waals surface area contributed by atoms with Gasteiger partial charge in [0.15, 0.2) is 6.10 Å². The molecule has 1 aromatic rings. The predicted molar refractivity (Wildman–Crippen MR) is 86.8 cm³/mol. The number of carbonyl (C=O) groups excluding carboxylic acids is 3. The van der Waals surface area contributed by atoms with Gasteiger partial charge in [-0.2, -0.15) is 0 Å². The molecule has 0 aliphatic rings. The van der Waals surface area contributed by atoms with Crippen LogP contribution in [0, 0.1) is 11.8 Å². The summed E-state index contributed by atoms with van der Waals surface area (Å²) < 4.78 is 5.22. The normalized spacial score (nSPS) is 12.1. The zero-order chi connectivity index (χ0) is 17.6. The molecule has 0 bridgehead atoms. The molecule has 0 aromatic heterocycles. The highest BCUT2D eigenvalue weighted by Crippen LogP contribution is 2.14. The van der Waals surface area contributed by atoms with Crippen molar-refractivity contribution in [1.29, 1.82) is 0 Å². The summed E-state index contributed by atoms with van der Waals surface area (Å²) in [7, 11) is 0. The van der Waals surface area contributed by atoms with Crippen LogP contribution >= 0.6 is 0 Å². The molecular weight excluding hydrogens is 296 g/mol. The number of amides is 3. The van der Waals surface area contributed by atoms with Crippen LogP contribution < -0.4 is 11.1 Å². The Morgan fingerprint density at radius 2 is 1.65 bits per heavy atom. The lowest BCUT2D eigenvalue weighted by Gasteiger charge is -2.19. The molecular formula is C17H24N2O4. The number of primary amides is 1. The first kappa shape index (κ1) is 18.7. The highest BCUT2D eigenvalue weighted by Gasteiger charge is 2.27. The number of carbonyl (C=O) groups is 3. The Bertz CT molecular complexity index is 564. The average Bonchev–Trinajstić information content (AvgIpc) is 2.43. The minimum atomic E-state index is -1.08. The second kappa shape index (κ2) is 8.31. The number of nitrogens with one attached hydrogen (secondary N) is 1. The van der Waals surface area contributed by atoms with Crippen LogP contribution in [0.1, 0.15) is 43.6 Å². The quantitative estimate of drug-likeness (QED) is 0.785. The monoisotopic (exact) mass is 320 g/mol. The van der Waals surface area contributed by atoms with Crippen molar-refractivity contribution in [3.8, 4) is 0 Å². The van der Waals surface area contributed by atoms with E-state index in [1.54, 1.807) is 26.0 Å². The number of rotatable bonds is 6. The van der Waals surface area contributed by atoms with E-state index in [2.05, 4.69) is 13.8 Å². The number of ether oxygens (including phenoxy) is 1. The third kappa shape index (κ3) is 6.10. The molecule has 1 rings (SSSR count). The fourth-order valence-corrected chi connectivity index (χ4v) is 2.12. The first-order chi connectivity index (χ1) is 10.7. The van der Waals surface area contributed by atoms with E-state index in [9.17, 15) is 14.4 Å². The van der Waals surface area contributed by atoms with Crippen molar-refractivity contribution in [3.63, 3.8) is 0 Å². The fourth-order valence-electron chi connectivity index (χ4n) is 2.12. The van der Waals surface area contributed by atoms with E-state index in [4.69, 9.17) is 10.5 Å². The third-order valence-electron chi connectivity index (χ3n) is 3.18. The lowest BCUT2D eigenvalue weighted by Crippen LogP contribution is -2.45. The van der Waals surface area contributed by atoms with Gasteiger partial charge < -0.3 is 10.5 Å². The van der Waals surface area contributed by atoms with Gasteiger partial charge >= 0.3 is 12.0 Å².